The SMILES string of the molecule is CC(=O)c1ncc(Cl)nc1Cl.CC(=O)c1ncc(Cl)nc1NC(C)(C)CO.CC(=O)c1ncc(NC(C)(C)CO)nc1Cl.CC(C)(CO)Nc1cnc(C(=O)O)c(Cl)n1.CC(C)(N)CO.O=C(O)c1ncc(Cl)nc1Cl. The van der Waals surface area contributed by atoms with Crippen LogP contribution in [-0.4, -0.2) is 158 Å². The summed E-state index contributed by atoms with van der Waals surface area (Å²) in [5, 5.41) is 61.5. The Hall–Kier alpha value is -5.42. The maximum Gasteiger partial charge on any atom is 0.357 e. The Morgan fingerprint density at radius 2 is 0.697 bits per heavy atom. The zero-order valence-corrected chi connectivity index (χ0v) is 47.9. The molecule has 32 heteroatoms. The Bertz CT molecular complexity index is 2640. The summed E-state index contributed by atoms with van der Waals surface area (Å²) < 4.78 is 0. The van der Waals surface area contributed by atoms with Gasteiger partial charge in [0, 0.05) is 26.3 Å². The number of aromatic nitrogens is 10. The number of nitrogens with two attached hydrogens (primary N) is 1. The fourth-order valence-corrected chi connectivity index (χ4v) is 5.62. The number of nitrogens with zero attached hydrogens (tertiary/aromatic N) is 10. The Morgan fingerprint density at radius 3 is 0.974 bits per heavy atom. The molecule has 0 spiro atoms. The van der Waals surface area contributed by atoms with E-state index in [1.807, 2.05) is 13.8 Å². The van der Waals surface area contributed by atoms with E-state index < -0.39 is 34.1 Å². The average molecular weight is 1210 g/mol. The van der Waals surface area contributed by atoms with E-state index in [2.05, 4.69) is 65.8 Å². The van der Waals surface area contributed by atoms with Crippen molar-refractivity contribution in [1.29, 1.82) is 0 Å². The molecule has 0 aliphatic carbocycles. The Morgan fingerprint density at radius 1 is 0.434 bits per heavy atom. The number of rotatable bonds is 15. The number of nitrogens with one attached hydrogen (secondary N) is 3. The molecule has 0 aromatic carbocycles. The van der Waals surface area contributed by atoms with E-state index in [4.69, 9.17) is 118 Å². The quantitative estimate of drug-likeness (QED) is 0.0462. The number of Topliss-reactive ketones (excluding diaryl/α,β-unsaturated/α-hetero) is 3. The number of carboxylic acids is 2. The first-order valence-electron chi connectivity index (χ1n) is 21.3. The zero-order valence-electron chi connectivity index (χ0n) is 42.6. The number of aliphatic hydroxyl groups is 4. The highest BCUT2D eigenvalue weighted by Gasteiger charge is 2.22. The number of carbonyl (C=O) groups excluding carboxylic acids is 3. The molecule has 25 nitrogen and oxygen atoms in total. The van der Waals surface area contributed by atoms with Gasteiger partial charge in [0.1, 0.15) is 44.2 Å². The lowest BCUT2D eigenvalue weighted by Gasteiger charge is -2.24. The Balaban J connectivity index is 0.000000907. The van der Waals surface area contributed by atoms with Crippen molar-refractivity contribution in [1.82, 2.24) is 49.8 Å². The van der Waals surface area contributed by atoms with Gasteiger partial charge >= 0.3 is 11.9 Å². The van der Waals surface area contributed by atoms with E-state index in [1.165, 1.54) is 45.6 Å². The third kappa shape index (κ3) is 27.6. The van der Waals surface area contributed by atoms with Gasteiger partial charge in [-0.3, -0.25) is 14.4 Å². The normalized spacial score (nSPS) is 10.9. The summed E-state index contributed by atoms with van der Waals surface area (Å²) in [5.74, 6) is -2.09. The van der Waals surface area contributed by atoms with E-state index in [9.17, 15) is 24.0 Å². The summed E-state index contributed by atoms with van der Waals surface area (Å²) in [4.78, 5) is 91.6. The number of hydrogen-bond donors (Lipinski definition) is 10. The third-order valence-corrected chi connectivity index (χ3v) is 9.59. The molecular weight excluding hydrogens is 1150 g/mol. The lowest BCUT2D eigenvalue weighted by Crippen LogP contribution is -2.36. The maximum atomic E-state index is 11.3. The lowest BCUT2D eigenvalue weighted by atomic mass is 10.1. The van der Waals surface area contributed by atoms with Crippen LogP contribution in [0.5, 0.6) is 0 Å². The van der Waals surface area contributed by atoms with Crippen LogP contribution in [-0.2, 0) is 0 Å². The van der Waals surface area contributed by atoms with Crippen LogP contribution in [0.2, 0.25) is 36.1 Å². The predicted molar refractivity (Wildman–Crippen MR) is 289 cm³/mol. The maximum absolute atomic E-state index is 11.3. The molecule has 0 aliphatic heterocycles. The molecule has 0 saturated carbocycles. The number of aliphatic hydroxyl groups excluding tert-OH is 4. The van der Waals surface area contributed by atoms with Crippen LogP contribution < -0.4 is 21.7 Å². The van der Waals surface area contributed by atoms with Gasteiger partial charge in [0.25, 0.3) is 0 Å². The minimum absolute atomic E-state index is 0.0463. The largest absolute Gasteiger partial charge is 0.476 e. The zero-order chi connectivity index (χ0) is 59.1. The second kappa shape index (κ2) is 32.3. The molecule has 0 bridgehead atoms. The van der Waals surface area contributed by atoms with E-state index in [0.717, 1.165) is 6.20 Å². The van der Waals surface area contributed by atoms with Crippen molar-refractivity contribution >= 4 is 128 Å². The third-order valence-electron chi connectivity index (χ3n) is 7.99. The van der Waals surface area contributed by atoms with Gasteiger partial charge < -0.3 is 52.3 Å². The van der Waals surface area contributed by atoms with Gasteiger partial charge in [-0.25, -0.2) is 59.4 Å². The first-order chi connectivity index (χ1) is 34.8. The van der Waals surface area contributed by atoms with Gasteiger partial charge in [-0.1, -0.05) is 81.2 Å². The van der Waals surface area contributed by atoms with Crippen molar-refractivity contribution in [2.24, 2.45) is 5.73 Å². The van der Waals surface area contributed by atoms with Gasteiger partial charge in [-0.05, 0) is 55.4 Å². The smallest absolute Gasteiger partial charge is 0.357 e. The van der Waals surface area contributed by atoms with Crippen molar-refractivity contribution in [3.63, 3.8) is 0 Å². The fraction of sp³-hybridized carbons (Fsp3) is 0.432. The molecule has 418 valence electrons. The molecule has 0 saturated heterocycles. The van der Waals surface area contributed by atoms with Gasteiger partial charge in [-0.15, -0.1) is 0 Å². The Kier molecular flexibility index (Phi) is 30.0. The molecule has 0 radical (unpaired) electrons. The number of carbonyl (C=O) groups is 5. The van der Waals surface area contributed by atoms with Gasteiger partial charge in [0.15, 0.2) is 55.2 Å². The number of ketones is 3. The molecule has 5 aromatic heterocycles. The van der Waals surface area contributed by atoms with Crippen molar-refractivity contribution in [2.45, 2.75) is 98.3 Å². The summed E-state index contributed by atoms with van der Waals surface area (Å²) in [5.41, 5.74) is 3.11. The molecule has 11 N–H and O–H groups in total. The lowest BCUT2D eigenvalue weighted by molar-refractivity contribution is 0.0679. The molecule has 0 aliphatic rings. The summed E-state index contributed by atoms with van der Waals surface area (Å²) >= 11 is 38.9. The molecule has 0 unspecified atom stereocenters. The highest BCUT2D eigenvalue weighted by molar-refractivity contribution is 6.35. The van der Waals surface area contributed by atoms with Gasteiger partial charge in [0.2, 0.25) is 0 Å². The topological polar surface area (TPSA) is 398 Å². The number of anilines is 3. The second-order valence-corrected chi connectivity index (χ2v) is 20.4. The van der Waals surface area contributed by atoms with Crippen molar-refractivity contribution in [2.75, 3.05) is 42.4 Å². The van der Waals surface area contributed by atoms with Crippen LogP contribution >= 0.6 is 81.2 Å². The standard InChI is InChI=1S/2C10H14ClN3O2.C9H12ClN3O3.C6H4Cl2N2O.C5H2Cl2N2O2.C4H11NO/c1-6(16)8-9(11)13-7(4-12-8)14-10(2,3)5-15;1-6(16)8-9(13-7(11)4-12-8)14-10(2,3)5-15;1-9(2,4-14)13-5-3-11-6(8(15)16)7(10)12-5;1-3(11)5-6(8)10-4(7)2-9-5;6-2-1-8-3(5(10)11)4(7)9-2;1-4(2,5)3-6/h2*4,15H,5H2,1-3H3,(H,13,14);3,14H,4H2,1-2H3,(H,12,13)(H,15,16);2H,1H3;1H,(H,10,11);6H,3,5H2,1-2H3. The number of halogens is 7. The fourth-order valence-electron chi connectivity index (χ4n) is 4.15. The average Bonchev–Trinajstić information content (AvgIpc) is 3.29. The highest BCUT2D eigenvalue weighted by Crippen LogP contribution is 2.21. The van der Waals surface area contributed by atoms with Gasteiger partial charge in [-0.2, -0.15) is 0 Å². The molecular formula is C44H57Cl7N14O11. The molecule has 0 amide bonds. The van der Waals surface area contributed by atoms with Crippen LogP contribution in [0.25, 0.3) is 0 Å². The molecule has 76 heavy (non-hydrogen) atoms. The number of hydrogen-bond acceptors (Lipinski definition) is 23. The highest BCUT2D eigenvalue weighted by atomic mass is 35.5. The summed E-state index contributed by atoms with van der Waals surface area (Å²) in [7, 11) is 0. The summed E-state index contributed by atoms with van der Waals surface area (Å²) in [6.07, 6.45) is 6.39. The molecule has 0 fully saturated rings. The molecule has 5 aromatic rings. The number of aromatic carboxylic acids is 2. The van der Waals surface area contributed by atoms with E-state index >= 15 is 0 Å². The molecule has 5 rings (SSSR count). The van der Waals surface area contributed by atoms with E-state index in [-0.39, 0.29) is 108 Å². The predicted octanol–water partition coefficient (Wildman–Crippen LogP) is 7.23. The van der Waals surface area contributed by atoms with Crippen LogP contribution in [0, 0.1) is 0 Å². The Labute approximate surface area is 471 Å². The van der Waals surface area contributed by atoms with E-state index in [0.29, 0.717) is 17.5 Å². The first kappa shape index (κ1) is 70.6. The van der Waals surface area contributed by atoms with Crippen LogP contribution in [0.3, 0.4) is 0 Å². The van der Waals surface area contributed by atoms with E-state index in [1.54, 1.807) is 41.5 Å². The number of carboxylic acid groups (broad SMARTS) is 2. The first-order valence-corrected chi connectivity index (χ1v) is 24.0. The second-order valence-electron chi connectivity index (χ2n) is 17.8. The molecule has 5 heterocycles. The monoisotopic (exact) mass is 1200 g/mol. The van der Waals surface area contributed by atoms with Crippen LogP contribution in [0.4, 0.5) is 17.5 Å². The van der Waals surface area contributed by atoms with Crippen molar-refractivity contribution in [3.8, 4) is 0 Å². The summed E-state index contributed by atoms with van der Waals surface area (Å²) in [6.45, 7) is 18.2. The summed E-state index contributed by atoms with van der Waals surface area (Å²) in [6, 6.07) is 0. The van der Waals surface area contributed by atoms with Crippen LogP contribution in [0.1, 0.15) is 129 Å². The van der Waals surface area contributed by atoms with Crippen LogP contribution in [0.15, 0.2) is 31.0 Å². The molecule has 0 atom stereocenters. The minimum atomic E-state index is -1.23. The minimum Gasteiger partial charge on any atom is -0.476 e. The van der Waals surface area contributed by atoms with Gasteiger partial charge in [0.05, 0.1) is 74.0 Å². The van der Waals surface area contributed by atoms with Crippen molar-refractivity contribution < 1.29 is 54.6 Å². The van der Waals surface area contributed by atoms with Crippen molar-refractivity contribution in [3.05, 3.63) is 95.5 Å².